The molecule has 2 aromatic carbocycles. The topological polar surface area (TPSA) is 41.6 Å². The Bertz CT molecular complexity index is 634. The number of nitrogens with one attached hydrogen (secondary N) is 1. The minimum atomic E-state index is -0.300. The minimum Gasteiger partial charge on any atom is -0.368 e. The van der Waals surface area contributed by atoms with Crippen LogP contribution in [0.2, 0.25) is 0 Å². The molecule has 2 aromatic rings. The summed E-state index contributed by atoms with van der Waals surface area (Å²) in [7, 11) is 0. The van der Waals surface area contributed by atoms with Gasteiger partial charge in [-0.25, -0.2) is 0 Å². The third-order valence-electron chi connectivity index (χ3n) is 4.05. The Kier molecular flexibility index (Phi) is 4.93. The third-order valence-corrected chi connectivity index (χ3v) is 4.05. The van der Waals surface area contributed by atoms with Crippen LogP contribution >= 0.6 is 0 Å². The van der Waals surface area contributed by atoms with Crippen LogP contribution in [0.15, 0.2) is 54.6 Å². The lowest BCUT2D eigenvalue weighted by molar-refractivity contribution is -0.124. The number of anilines is 3. The Morgan fingerprint density at radius 1 is 1.13 bits per heavy atom. The van der Waals surface area contributed by atoms with Crippen molar-refractivity contribution in [2.75, 3.05) is 23.4 Å². The molecule has 1 atom stereocenters. The number of ether oxygens (including phenoxy) is 1. The van der Waals surface area contributed by atoms with Gasteiger partial charge in [0.2, 0.25) is 0 Å². The normalized spacial score (nSPS) is 17.0. The van der Waals surface area contributed by atoms with E-state index in [0.29, 0.717) is 6.61 Å². The van der Waals surface area contributed by atoms with Crippen molar-refractivity contribution in [1.29, 1.82) is 0 Å². The molecule has 1 unspecified atom stereocenters. The molecule has 0 aliphatic carbocycles. The van der Waals surface area contributed by atoms with Crippen LogP contribution < -0.4 is 10.2 Å². The maximum absolute atomic E-state index is 12.1. The summed E-state index contributed by atoms with van der Waals surface area (Å²) in [6.07, 6.45) is 1.47. The highest BCUT2D eigenvalue weighted by atomic mass is 16.5. The van der Waals surface area contributed by atoms with Gasteiger partial charge in [0.25, 0.3) is 5.91 Å². The fraction of sp³-hybridized carbons (Fsp3) is 0.316. The zero-order chi connectivity index (χ0) is 16.1. The van der Waals surface area contributed by atoms with E-state index in [1.807, 2.05) is 42.5 Å². The maximum Gasteiger partial charge on any atom is 0.253 e. The van der Waals surface area contributed by atoms with Crippen LogP contribution in [0.25, 0.3) is 0 Å². The van der Waals surface area contributed by atoms with E-state index in [9.17, 15) is 4.79 Å². The predicted octanol–water partition coefficient (Wildman–Crippen LogP) is 3.96. The van der Waals surface area contributed by atoms with E-state index in [4.69, 9.17) is 4.74 Å². The van der Waals surface area contributed by atoms with Gasteiger partial charge in [-0.15, -0.1) is 0 Å². The van der Waals surface area contributed by atoms with Crippen LogP contribution in [0.4, 0.5) is 17.1 Å². The van der Waals surface area contributed by atoms with Gasteiger partial charge < -0.3 is 15.0 Å². The molecule has 0 aromatic heterocycles. The highest BCUT2D eigenvalue weighted by molar-refractivity contribution is 5.94. The van der Waals surface area contributed by atoms with Crippen LogP contribution in [0.3, 0.4) is 0 Å². The third kappa shape index (κ3) is 3.71. The molecule has 1 fully saturated rings. The number of nitrogens with zero attached hydrogens (tertiary/aromatic N) is 1. The van der Waals surface area contributed by atoms with Gasteiger partial charge in [-0.2, -0.15) is 0 Å². The summed E-state index contributed by atoms with van der Waals surface area (Å²) < 4.78 is 5.40. The summed E-state index contributed by atoms with van der Waals surface area (Å²) in [6.45, 7) is 3.69. The van der Waals surface area contributed by atoms with Crippen LogP contribution in [0.1, 0.15) is 19.8 Å². The Labute approximate surface area is 137 Å². The first-order chi connectivity index (χ1) is 11.3. The Balaban J connectivity index is 1.69. The molecule has 23 heavy (non-hydrogen) atoms. The molecule has 0 saturated carbocycles. The van der Waals surface area contributed by atoms with E-state index in [1.54, 1.807) is 0 Å². The number of hydrogen-bond donors (Lipinski definition) is 1. The van der Waals surface area contributed by atoms with Crippen molar-refractivity contribution in [3.63, 3.8) is 0 Å². The number of amides is 1. The summed E-state index contributed by atoms with van der Waals surface area (Å²) in [6, 6.07) is 18.2. The summed E-state index contributed by atoms with van der Waals surface area (Å²) in [5.74, 6) is -0.0503. The van der Waals surface area contributed by atoms with Gasteiger partial charge in [-0.05, 0) is 56.2 Å². The number of carbonyl (C=O) groups excluding carboxylic acids is 1. The van der Waals surface area contributed by atoms with Crippen LogP contribution in [-0.2, 0) is 9.53 Å². The Morgan fingerprint density at radius 3 is 2.43 bits per heavy atom. The number of benzene rings is 2. The smallest absolute Gasteiger partial charge is 0.253 e. The average Bonchev–Trinajstić information content (AvgIpc) is 3.13. The van der Waals surface area contributed by atoms with E-state index in [2.05, 4.69) is 29.3 Å². The summed E-state index contributed by atoms with van der Waals surface area (Å²) in [5.41, 5.74) is 3.07. The van der Waals surface area contributed by atoms with E-state index in [1.165, 1.54) is 0 Å². The summed E-state index contributed by atoms with van der Waals surface area (Å²) in [5, 5.41) is 2.93. The lowest BCUT2D eigenvalue weighted by Crippen LogP contribution is -2.26. The van der Waals surface area contributed by atoms with Gasteiger partial charge in [0.1, 0.15) is 6.10 Å². The highest BCUT2D eigenvalue weighted by Gasteiger charge is 2.23. The first-order valence-corrected chi connectivity index (χ1v) is 8.13. The standard InChI is InChI=1S/C19H22N2O2/c1-2-21(16-7-4-3-5-8-16)17-12-10-15(11-13-17)20-19(22)18-9-6-14-23-18/h3-5,7-8,10-13,18H,2,6,9,14H2,1H3,(H,20,22). The van der Waals surface area contributed by atoms with Crippen LogP contribution in [0.5, 0.6) is 0 Å². The van der Waals surface area contributed by atoms with Crippen LogP contribution in [-0.4, -0.2) is 25.2 Å². The van der Waals surface area contributed by atoms with E-state index in [-0.39, 0.29) is 12.0 Å². The van der Waals surface area contributed by atoms with Gasteiger partial charge in [-0.1, -0.05) is 18.2 Å². The van der Waals surface area contributed by atoms with Crippen molar-refractivity contribution < 1.29 is 9.53 Å². The highest BCUT2D eigenvalue weighted by Crippen LogP contribution is 2.26. The molecule has 1 aliphatic heterocycles. The SMILES string of the molecule is CCN(c1ccccc1)c1ccc(NC(=O)C2CCCO2)cc1. The van der Waals surface area contributed by atoms with Crippen LogP contribution in [0, 0.1) is 0 Å². The average molecular weight is 310 g/mol. The molecule has 0 radical (unpaired) electrons. The number of para-hydroxylation sites is 1. The van der Waals surface area contributed by atoms with Gasteiger partial charge in [0.05, 0.1) is 0 Å². The Hall–Kier alpha value is -2.33. The van der Waals surface area contributed by atoms with Gasteiger partial charge in [-0.3, -0.25) is 4.79 Å². The number of hydrogen-bond acceptors (Lipinski definition) is 3. The molecular weight excluding hydrogens is 288 g/mol. The summed E-state index contributed by atoms with van der Waals surface area (Å²) in [4.78, 5) is 14.3. The molecule has 1 heterocycles. The van der Waals surface area contributed by atoms with Gasteiger partial charge in [0.15, 0.2) is 0 Å². The summed E-state index contributed by atoms with van der Waals surface area (Å²) >= 11 is 0. The van der Waals surface area contributed by atoms with Crippen molar-refractivity contribution >= 4 is 23.0 Å². The molecule has 0 bridgehead atoms. The van der Waals surface area contributed by atoms with Gasteiger partial charge >= 0.3 is 0 Å². The molecule has 3 rings (SSSR count). The number of carbonyl (C=O) groups is 1. The monoisotopic (exact) mass is 310 g/mol. The van der Waals surface area contributed by atoms with Gasteiger partial charge in [0, 0.05) is 30.2 Å². The van der Waals surface area contributed by atoms with Crippen molar-refractivity contribution in [3.8, 4) is 0 Å². The molecule has 4 nitrogen and oxygen atoms in total. The second-order valence-corrected chi connectivity index (χ2v) is 5.62. The predicted molar refractivity (Wildman–Crippen MR) is 93.2 cm³/mol. The fourth-order valence-corrected chi connectivity index (χ4v) is 2.85. The molecule has 1 saturated heterocycles. The largest absolute Gasteiger partial charge is 0.368 e. The minimum absolute atomic E-state index is 0.0503. The Morgan fingerprint density at radius 2 is 1.83 bits per heavy atom. The molecule has 0 spiro atoms. The zero-order valence-electron chi connectivity index (χ0n) is 13.4. The van der Waals surface area contributed by atoms with E-state index >= 15 is 0 Å². The molecule has 1 N–H and O–H groups in total. The maximum atomic E-state index is 12.1. The lowest BCUT2D eigenvalue weighted by Gasteiger charge is -2.23. The number of rotatable bonds is 5. The van der Waals surface area contributed by atoms with E-state index < -0.39 is 0 Å². The second-order valence-electron chi connectivity index (χ2n) is 5.62. The molecular formula is C19H22N2O2. The first kappa shape index (κ1) is 15.6. The molecule has 1 aliphatic rings. The van der Waals surface area contributed by atoms with Crippen molar-refractivity contribution in [1.82, 2.24) is 0 Å². The molecule has 1 amide bonds. The first-order valence-electron chi connectivity index (χ1n) is 8.13. The molecule has 4 heteroatoms. The van der Waals surface area contributed by atoms with Crippen molar-refractivity contribution in [3.05, 3.63) is 54.6 Å². The quantitative estimate of drug-likeness (QED) is 0.909. The molecule has 120 valence electrons. The lowest BCUT2D eigenvalue weighted by atomic mass is 10.2. The van der Waals surface area contributed by atoms with E-state index in [0.717, 1.165) is 36.4 Å². The second kappa shape index (κ2) is 7.29. The zero-order valence-corrected chi connectivity index (χ0v) is 13.4. The van der Waals surface area contributed by atoms with Crippen molar-refractivity contribution in [2.45, 2.75) is 25.9 Å². The van der Waals surface area contributed by atoms with Crippen molar-refractivity contribution in [2.24, 2.45) is 0 Å². The fourth-order valence-electron chi connectivity index (χ4n) is 2.85.